The number of carbonyl (C=O) groups is 1. The molecule has 104 valence electrons. The average molecular weight is 252 g/mol. The van der Waals surface area contributed by atoms with Crippen molar-refractivity contribution in [3.8, 4) is 0 Å². The standard InChI is InChI=1S/C7H14O3.C4H10O3/c1-3-9-6-5-7(8)10-4-2;5-1-3-7-4-2-6/h3-6H2,1-2H3;5-6H,1-4H2. The number of hydrogen-bond donors (Lipinski definition) is 2. The van der Waals surface area contributed by atoms with Gasteiger partial charge in [-0.15, -0.1) is 0 Å². The van der Waals surface area contributed by atoms with Crippen molar-refractivity contribution in [1.29, 1.82) is 0 Å². The second kappa shape index (κ2) is 17.7. The zero-order valence-corrected chi connectivity index (χ0v) is 10.7. The van der Waals surface area contributed by atoms with Gasteiger partial charge in [0.05, 0.1) is 46.1 Å². The SMILES string of the molecule is CCOCCC(=O)OCC.OCCOCCO. The molecule has 0 aromatic heterocycles. The summed E-state index contributed by atoms with van der Waals surface area (Å²) in [5.74, 6) is -0.184. The number of hydrogen-bond acceptors (Lipinski definition) is 6. The van der Waals surface area contributed by atoms with Gasteiger partial charge in [-0.3, -0.25) is 4.79 Å². The van der Waals surface area contributed by atoms with Crippen molar-refractivity contribution in [1.82, 2.24) is 0 Å². The van der Waals surface area contributed by atoms with Gasteiger partial charge in [0, 0.05) is 6.61 Å². The Hall–Kier alpha value is -0.690. The topological polar surface area (TPSA) is 85.2 Å². The van der Waals surface area contributed by atoms with E-state index in [4.69, 9.17) is 14.9 Å². The van der Waals surface area contributed by atoms with Gasteiger partial charge in [0.1, 0.15) is 0 Å². The van der Waals surface area contributed by atoms with Crippen LogP contribution < -0.4 is 0 Å². The van der Waals surface area contributed by atoms with Crippen LogP contribution in [0.5, 0.6) is 0 Å². The summed E-state index contributed by atoms with van der Waals surface area (Å²) in [6.45, 7) is 5.95. The maximum Gasteiger partial charge on any atom is 0.308 e. The summed E-state index contributed by atoms with van der Waals surface area (Å²) in [6.07, 6.45) is 0.363. The first-order valence-electron chi connectivity index (χ1n) is 5.75. The molecule has 0 aromatic carbocycles. The third-order valence-corrected chi connectivity index (χ3v) is 1.43. The minimum Gasteiger partial charge on any atom is -0.466 e. The summed E-state index contributed by atoms with van der Waals surface area (Å²) < 4.78 is 14.3. The summed E-state index contributed by atoms with van der Waals surface area (Å²) in [5.41, 5.74) is 0. The molecular weight excluding hydrogens is 228 g/mol. The molecule has 0 radical (unpaired) electrons. The molecule has 0 heterocycles. The molecule has 0 spiro atoms. The third-order valence-electron chi connectivity index (χ3n) is 1.43. The van der Waals surface area contributed by atoms with Gasteiger partial charge in [0.15, 0.2) is 0 Å². The Kier molecular flexibility index (Phi) is 19.4. The van der Waals surface area contributed by atoms with Crippen molar-refractivity contribution >= 4 is 5.97 Å². The summed E-state index contributed by atoms with van der Waals surface area (Å²) in [7, 11) is 0. The molecule has 0 aliphatic heterocycles. The lowest BCUT2D eigenvalue weighted by Gasteiger charge is -2.00. The lowest BCUT2D eigenvalue weighted by Crippen LogP contribution is -2.07. The summed E-state index contributed by atoms with van der Waals surface area (Å²) >= 11 is 0. The molecule has 0 bridgehead atoms. The molecule has 0 unspecified atom stereocenters. The molecule has 0 saturated carbocycles. The van der Waals surface area contributed by atoms with Crippen LogP contribution in [-0.4, -0.2) is 62.4 Å². The van der Waals surface area contributed by atoms with Crippen LogP contribution in [0.2, 0.25) is 0 Å². The van der Waals surface area contributed by atoms with Gasteiger partial charge in [-0.25, -0.2) is 0 Å². The number of aliphatic hydroxyl groups excluding tert-OH is 2. The van der Waals surface area contributed by atoms with Crippen molar-refractivity contribution in [2.45, 2.75) is 20.3 Å². The Labute approximate surface area is 102 Å². The van der Waals surface area contributed by atoms with E-state index in [1.54, 1.807) is 6.92 Å². The molecule has 0 aliphatic rings. The van der Waals surface area contributed by atoms with Crippen molar-refractivity contribution in [2.24, 2.45) is 0 Å². The minimum absolute atomic E-state index is 0.0278. The van der Waals surface area contributed by atoms with E-state index in [0.29, 0.717) is 39.5 Å². The Morgan fingerprint density at radius 2 is 1.53 bits per heavy atom. The number of esters is 1. The van der Waals surface area contributed by atoms with E-state index in [9.17, 15) is 4.79 Å². The highest BCUT2D eigenvalue weighted by atomic mass is 16.5. The molecule has 0 saturated heterocycles. The Balaban J connectivity index is 0. The van der Waals surface area contributed by atoms with Crippen LogP contribution in [0, 0.1) is 0 Å². The van der Waals surface area contributed by atoms with E-state index in [1.807, 2.05) is 6.92 Å². The first-order valence-corrected chi connectivity index (χ1v) is 5.75. The second-order valence-corrected chi connectivity index (χ2v) is 2.81. The molecule has 17 heavy (non-hydrogen) atoms. The van der Waals surface area contributed by atoms with Gasteiger partial charge in [0.2, 0.25) is 0 Å². The minimum atomic E-state index is -0.184. The monoisotopic (exact) mass is 252 g/mol. The summed E-state index contributed by atoms with van der Waals surface area (Å²) in [5, 5.41) is 16.2. The molecule has 0 aromatic rings. The molecular formula is C11H24O6. The lowest BCUT2D eigenvalue weighted by atomic mass is 10.5. The predicted molar refractivity (Wildman–Crippen MR) is 62.7 cm³/mol. The van der Waals surface area contributed by atoms with Crippen molar-refractivity contribution in [2.75, 3.05) is 46.2 Å². The fraction of sp³-hybridized carbons (Fsp3) is 0.909. The second-order valence-electron chi connectivity index (χ2n) is 2.81. The Morgan fingerprint density at radius 1 is 0.941 bits per heavy atom. The average Bonchev–Trinajstić information content (AvgIpc) is 2.31. The van der Waals surface area contributed by atoms with Gasteiger partial charge >= 0.3 is 5.97 Å². The molecule has 0 amide bonds. The summed E-state index contributed by atoms with van der Waals surface area (Å²) in [4.78, 5) is 10.6. The maximum absolute atomic E-state index is 10.6. The van der Waals surface area contributed by atoms with Crippen LogP contribution in [0.3, 0.4) is 0 Å². The highest BCUT2D eigenvalue weighted by molar-refractivity contribution is 5.69. The molecule has 0 fully saturated rings. The van der Waals surface area contributed by atoms with E-state index in [-0.39, 0.29) is 19.2 Å². The normalized spacial score (nSPS) is 9.41. The number of rotatable bonds is 9. The molecule has 0 aliphatic carbocycles. The van der Waals surface area contributed by atoms with Crippen molar-refractivity contribution in [3.05, 3.63) is 0 Å². The van der Waals surface area contributed by atoms with E-state index < -0.39 is 0 Å². The van der Waals surface area contributed by atoms with Crippen LogP contribution in [0.25, 0.3) is 0 Å². The predicted octanol–water partition coefficient (Wildman–Crippen LogP) is -0.0363. The van der Waals surface area contributed by atoms with Crippen LogP contribution in [0.15, 0.2) is 0 Å². The highest BCUT2D eigenvalue weighted by Crippen LogP contribution is 1.86. The zero-order chi connectivity index (χ0) is 13.4. The zero-order valence-electron chi connectivity index (χ0n) is 10.7. The number of ether oxygens (including phenoxy) is 3. The number of aliphatic hydroxyl groups is 2. The first-order chi connectivity index (χ1) is 8.22. The van der Waals surface area contributed by atoms with Gasteiger partial charge < -0.3 is 24.4 Å². The fourth-order valence-corrected chi connectivity index (χ4v) is 0.764. The van der Waals surface area contributed by atoms with Gasteiger partial charge in [-0.05, 0) is 13.8 Å². The molecule has 0 atom stereocenters. The van der Waals surface area contributed by atoms with Crippen molar-refractivity contribution in [3.63, 3.8) is 0 Å². The van der Waals surface area contributed by atoms with Gasteiger partial charge in [-0.1, -0.05) is 0 Å². The van der Waals surface area contributed by atoms with E-state index >= 15 is 0 Å². The Bertz CT molecular complexity index is 147. The largest absolute Gasteiger partial charge is 0.466 e. The highest BCUT2D eigenvalue weighted by Gasteiger charge is 1.98. The maximum atomic E-state index is 10.6. The van der Waals surface area contributed by atoms with Crippen molar-refractivity contribution < 1.29 is 29.2 Å². The van der Waals surface area contributed by atoms with E-state index in [0.717, 1.165) is 0 Å². The summed E-state index contributed by atoms with van der Waals surface area (Å²) in [6, 6.07) is 0. The molecule has 6 heteroatoms. The third kappa shape index (κ3) is 21.2. The number of carbonyl (C=O) groups excluding carboxylic acids is 1. The van der Waals surface area contributed by atoms with Gasteiger partial charge in [0.25, 0.3) is 0 Å². The smallest absolute Gasteiger partial charge is 0.308 e. The first kappa shape index (κ1) is 18.7. The quantitative estimate of drug-likeness (QED) is 0.442. The fourth-order valence-electron chi connectivity index (χ4n) is 0.764. The molecule has 2 N–H and O–H groups in total. The van der Waals surface area contributed by atoms with Crippen LogP contribution in [0.4, 0.5) is 0 Å². The molecule has 0 rings (SSSR count). The van der Waals surface area contributed by atoms with Crippen LogP contribution in [-0.2, 0) is 19.0 Å². The van der Waals surface area contributed by atoms with Gasteiger partial charge in [-0.2, -0.15) is 0 Å². The Morgan fingerprint density at radius 3 is 1.94 bits per heavy atom. The molecule has 6 nitrogen and oxygen atoms in total. The van der Waals surface area contributed by atoms with Crippen LogP contribution in [0.1, 0.15) is 20.3 Å². The van der Waals surface area contributed by atoms with E-state index in [2.05, 4.69) is 9.47 Å². The lowest BCUT2D eigenvalue weighted by molar-refractivity contribution is -0.144. The van der Waals surface area contributed by atoms with E-state index in [1.165, 1.54) is 0 Å². The van der Waals surface area contributed by atoms with Crippen LogP contribution >= 0.6 is 0 Å².